The van der Waals surface area contributed by atoms with Gasteiger partial charge in [-0.25, -0.2) is 4.39 Å². The number of hydrogen-bond donors (Lipinski definition) is 1. The molecule has 24 heavy (non-hydrogen) atoms. The normalized spacial score (nSPS) is 10.4. The predicted octanol–water partition coefficient (Wildman–Crippen LogP) is 4.47. The van der Waals surface area contributed by atoms with Crippen molar-refractivity contribution in [2.45, 2.75) is 6.42 Å². The Morgan fingerprint density at radius 1 is 0.792 bits per heavy atom. The molecule has 0 spiro atoms. The van der Waals surface area contributed by atoms with E-state index in [-0.39, 0.29) is 11.7 Å². The summed E-state index contributed by atoms with van der Waals surface area (Å²) < 4.78 is 12.8. The number of benzene rings is 3. The van der Waals surface area contributed by atoms with Crippen molar-refractivity contribution in [1.29, 1.82) is 0 Å². The lowest BCUT2D eigenvalue weighted by atomic mass is 10.0. The molecule has 120 valence electrons. The van der Waals surface area contributed by atoms with E-state index in [0.717, 1.165) is 16.7 Å². The van der Waals surface area contributed by atoms with E-state index in [1.165, 1.54) is 12.1 Å². The fraction of sp³-hybridized carbons (Fsp3) is 0.0952. The van der Waals surface area contributed by atoms with Gasteiger partial charge in [-0.05, 0) is 47.4 Å². The fourth-order valence-electron chi connectivity index (χ4n) is 2.52. The third kappa shape index (κ3) is 4.07. The summed E-state index contributed by atoms with van der Waals surface area (Å²) in [6.07, 6.45) is 0.675. The summed E-state index contributed by atoms with van der Waals surface area (Å²) in [5.41, 5.74) is 3.84. The quantitative estimate of drug-likeness (QED) is 0.739. The first-order chi connectivity index (χ1) is 11.7. The molecule has 0 heterocycles. The molecule has 3 heteroatoms. The van der Waals surface area contributed by atoms with E-state index in [1.54, 1.807) is 12.1 Å². The molecule has 1 N–H and O–H groups in total. The summed E-state index contributed by atoms with van der Waals surface area (Å²) >= 11 is 0. The lowest BCUT2D eigenvalue weighted by molar-refractivity contribution is 0.0954. The van der Waals surface area contributed by atoms with E-state index >= 15 is 0 Å². The third-order valence-electron chi connectivity index (χ3n) is 3.87. The number of nitrogens with one attached hydrogen (secondary N) is 1. The molecule has 0 bridgehead atoms. The van der Waals surface area contributed by atoms with Crippen molar-refractivity contribution in [3.63, 3.8) is 0 Å². The van der Waals surface area contributed by atoms with E-state index in [4.69, 9.17) is 0 Å². The van der Waals surface area contributed by atoms with Gasteiger partial charge in [0.15, 0.2) is 0 Å². The number of hydrogen-bond acceptors (Lipinski definition) is 1. The molecule has 2 nitrogen and oxygen atoms in total. The lowest BCUT2D eigenvalue weighted by Gasteiger charge is -2.07. The monoisotopic (exact) mass is 319 g/mol. The average Bonchev–Trinajstić information content (AvgIpc) is 2.64. The zero-order valence-corrected chi connectivity index (χ0v) is 13.2. The summed E-state index contributed by atoms with van der Waals surface area (Å²) in [5.74, 6) is -0.349. The van der Waals surface area contributed by atoms with Crippen LogP contribution in [0.5, 0.6) is 0 Å². The number of amides is 1. The van der Waals surface area contributed by atoms with Crippen LogP contribution in [0.3, 0.4) is 0 Å². The highest BCUT2D eigenvalue weighted by atomic mass is 19.1. The number of carbonyl (C=O) groups excluding carboxylic acids is 1. The van der Waals surface area contributed by atoms with Gasteiger partial charge in [0.05, 0.1) is 0 Å². The Balaban J connectivity index is 1.56. The largest absolute Gasteiger partial charge is 0.352 e. The maximum Gasteiger partial charge on any atom is 0.251 e. The minimum atomic E-state index is -0.249. The van der Waals surface area contributed by atoms with Crippen LogP contribution in [0.2, 0.25) is 0 Å². The molecule has 0 saturated heterocycles. The smallest absolute Gasteiger partial charge is 0.251 e. The van der Waals surface area contributed by atoms with Gasteiger partial charge in [0.1, 0.15) is 5.82 Å². The first kappa shape index (κ1) is 15.9. The molecule has 0 aliphatic heterocycles. The van der Waals surface area contributed by atoms with Crippen LogP contribution in [-0.4, -0.2) is 12.5 Å². The Morgan fingerprint density at radius 2 is 1.42 bits per heavy atom. The molecule has 0 aliphatic rings. The number of rotatable bonds is 5. The number of carbonyl (C=O) groups is 1. The standard InChI is InChI=1S/C21H18FNO/c22-20-12-6-16(7-13-20)14-15-23-21(24)19-10-8-18(9-11-19)17-4-2-1-3-5-17/h1-13H,14-15H2,(H,23,24). The summed E-state index contributed by atoms with van der Waals surface area (Å²) in [6.45, 7) is 0.519. The summed E-state index contributed by atoms with van der Waals surface area (Å²) in [6, 6.07) is 23.9. The molecule has 3 aromatic rings. The Bertz CT molecular complexity index is 796. The van der Waals surface area contributed by atoms with Crippen molar-refractivity contribution in [2.75, 3.05) is 6.54 Å². The zero-order valence-electron chi connectivity index (χ0n) is 13.2. The molecule has 0 aliphatic carbocycles. The van der Waals surface area contributed by atoms with Gasteiger partial charge < -0.3 is 5.32 Å². The maximum absolute atomic E-state index is 12.8. The topological polar surface area (TPSA) is 29.1 Å². The molecule has 3 aromatic carbocycles. The van der Waals surface area contributed by atoms with E-state index in [0.29, 0.717) is 18.5 Å². The SMILES string of the molecule is O=C(NCCc1ccc(F)cc1)c1ccc(-c2ccccc2)cc1. The molecule has 0 unspecified atom stereocenters. The van der Waals surface area contributed by atoms with Crippen molar-refractivity contribution in [3.05, 3.63) is 95.8 Å². The highest BCUT2D eigenvalue weighted by Crippen LogP contribution is 2.19. The molecule has 0 fully saturated rings. The van der Waals surface area contributed by atoms with Crippen LogP contribution in [0.15, 0.2) is 78.9 Å². The van der Waals surface area contributed by atoms with Gasteiger partial charge in [0, 0.05) is 12.1 Å². The van der Waals surface area contributed by atoms with Crippen molar-refractivity contribution in [2.24, 2.45) is 0 Å². The summed E-state index contributed by atoms with van der Waals surface area (Å²) in [7, 11) is 0. The van der Waals surface area contributed by atoms with Crippen LogP contribution in [-0.2, 0) is 6.42 Å². The van der Waals surface area contributed by atoms with Crippen LogP contribution in [0.1, 0.15) is 15.9 Å². The van der Waals surface area contributed by atoms with Gasteiger partial charge in [0.2, 0.25) is 0 Å². The van der Waals surface area contributed by atoms with Crippen LogP contribution >= 0.6 is 0 Å². The molecule has 0 radical (unpaired) electrons. The van der Waals surface area contributed by atoms with E-state index < -0.39 is 0 Å². The third-order valence-corrected chi connectivity index (χ3v) is 3.87. The highest BCUT2D eigenvalue weighted by molar-refractivity contribution is 5.94. The van der Waals surface area contributed by atoms with Crippen molar-refractivity contribution in [3.8, 4) is 11.1 Å². The van der Waals surface area contributed by atoms with Crippen molar-refractivity contribution < 1.29 is 9.18 Å². The molecule has 3 rings (SSSR count). The van der Waals surface area contributed by atoms with Crippen LogP contribution in [0, 0.1) is 5.82 Å². The first-order valence-corrected chi connectivity index (χ1v) is 7.90. The van der Waals surface area contributed by atoms with Crippen molar-refractivity contribution in [1.82, 2.24) is 5.32 Å². The highest BCUT2D eigenvalue weighted by Gasteiger charge is 2.05. The predicted molar refractivity (Wildman–Crippen MR) is 94.3 cm³/mol. The van der Waals surface area contributed by atoms with Gasteiger partial charge in [0.25, 0.3) is 5.91 Å². The van der Waals surface area contributed by atoms with Gasteiger partial charge in [-0.2, -0.15) is 0 Å². The lowest BCUT2D eigenvalue weighted by Crippen LogP contribution is -2.25. The summed E-state index contributed by atoms with van der Waals surface area (Å²) in [5, 5.41) is 2.89. The fourth-order valence-corrected chi connectivity index (χ4v) is 2.52. The van der Waals surface area contributed by atoms with Gasteiger partial charge >= 0.3 is 0 Å². The molecule has 1 amide bonds. The van der Waals surface area contributed by atoms with E-state index in [1.807, 2.05) is 54.6 Å². The molecular formula is C21H18FNO. The average molecular weight is 319 g/mol. The molecular weight excluding hydrogens is 301 g/mol. The van der Waals surface area contributed by atoms with Crippen LogP contribution < -0.4 is 5.32 Å². The Kier molecular flexibility index (Phi) is 5.02. The van der Waals surface area contributed by atoms with Gasteiger partial charge in [-0.3, -0.25) is 4.79 Å². The second kappa shape index (κ2) is 7.55. The Labute approximate surface area is 141 Å². The first-order valence-electron chi connectivity index (χ1n) is 7.90. The van der Waals surface area contributed by atoms with E-state index in [2.05, 4.69) is 5.32 Å². The summed E-state index contributed by atoms with van der Waals surface area (Å²) in [4.78, 5) is 12.2. The van der Waals surface area contributed by atoms with Crippen molar-refractivity contribution >= 4 is 5.91 Å². The van der Waals surface area contributed by atoms with Gasteiger partial charge in [-0.15, -0.1) is 0 Å². The number of halogens is 1. The van der Waals surface area contributed by atoms with Gasteiger partial charge in [-0.1, -0.05) is 54.6 Å². The minimum Gasteiger partial charge on any atom is -0.352 e. The molecule has 0 saturated carbocycles. The van der Waals surface area contributed by atoms with Crippen LogP contribution in [0.25, 0.3) is 11.1 Å². The Hall–Kier alpha value is -2.94. The second-order valence-electron chi connectivity index (χ2n) is 5.58. The van der Waals surface area contributed by atoms with E-state index in [9.17, 15) is 9.18 Å². The molecule has 0 atom stereocenters. The minimum absolute atomic E-state index is 0.100. The molecule has 0 aromatic heterocycles. The zero-order chi connectivity index (χ0) is 16.8. The maximum atomic E-state index is 12.8. The van der Waals surface area contributed by atoms with Crippen LogP contribution in [0.4, 0.5) is 4.39 Å². The second-order valence-corrected chi connectivity index (χ2v) is 5.58. The Morgan fingerprint density at radius 3 is 2.08 bits per heavy atom.